The van der Waals surface area contributed by atoms with Gasteiger partial charge in [0, 0.05) is 24.3 Å². The maximum absolute atomic E-state index is 13.2. The Labute approximate surface area is 199 Å². The van der Waals surface area contributed by atoms with Crippen LogP contribution in [-0.2, 0) is 14.3 Å². The van der Waals surface area contributed by atoms with Crippen LogP contribution in [0.15, 0.2) is 29.8 Å². The minimum Gasteiger partial charge on any atom is -0.507 e. The molecule has 1 saturated heterocycles. The molecule has 2 N–H and O–H groups in total. The quantitative estimate of drug-likeness (QED) is 0.265. The summed E-state index contributed by atoms with van der Waals surface area (Å²) in [6.45, 7) is 6.56. The molecular weight excluding hydrogens is 438 g/mol. The van der Waals surface area contributed by atoms with Crippen molar-refractivity contribution < 1.29 is 29.0 Å². The Hall–Kier alpha value is -3.59. The molecule has 3 rings (SSSR count). The van der Waals surface area contributed by atoms with Crippen molar-refractivity contribution >= 4 is 23.4 Å². The van der Waals surface area contributed by atoms with Gasteiger partial charge in [-0.25, -0.2) is 4.79 Å². The fraction of sp³-hybridized carbons (Fsp3) is 0.400. The van der Waals surface area contributed by atoms with E-state index in [2.05, 4.69) is 4.98 Å². The van der Waals surface area contributed by atoms with E-state index in [1.54, 1.807) is 38.1 Å². The molecule has 0 aliphatic carbocycles. The van der Waals surface area contributed by atoms with Crippen LogP contribution in [0.5, 0.6) is 5.75 Å². The number of likely N-dealkylation sites (N-methyl/N-ethyl adjacent to an activating group) is 1. The van der Waals surface area contributed by atoms with Crippen LogP contribution in [0.1, 0.15) is 45.8 Å². The van der Waals surface area contributed by atoms with Gasteiger partial charge in [0.25, 0.3) is 11.7 Å². The maximum atomic E-state index is 13.2. The number of carbonyl (C=O) groups excluding carboxylic acids is 3. The summed E-state index contributed by atoms with van der Waals surface area (Å²) in [6.07, 6.45) is 0. The number of aromatic amines is 1. The van der Waals surface area contributed by atoms with Gasteiger partial charge in [0.2, 0.25) is 0 Å². The average molecular weight is 470 g/mol. The molecule has 182 valence electrons. The Morgan fingerprint density at radius 1 is 1.18 bits per heavy atom. The second-order valence-electron chi connectivity index (χ2n) is 8.41. The Kier molecular flexibility index (Phi) is 7.46. The lowest BCUT2D eigenvalue weighted by Gasteiger charge is -2.26. The molecular formula is C25H31N3O6. The Morgan fingerprint density at radius 3 is 2.38 bits per heavy atom. The molecule has 0 radical (unpaired) electrons. The SMILES string of the molecule is CCOc1ccc([C@H]2/C(=C(/O)c3c(C)[nH]c(C(=O)OC)c3C)C(=O)C(=O)N2CCN(C)C)cc1. The molecule has 9 heteroatoms. The third-order valence-corrected chi connectivity index (χ3v) is 5.90. The first-order valence-electron chi connectivity index (χ1n) is 11.1. The summed E-state index contributed by atoms with van der Waals surface area (Å²) in [5.74, 6) is -1.70. The van der Waals surface area contributed by atoms with Crippen LogP contribution in [0.2, 0.25) is 0 Å². The van der Waals surface area contributed by atoms with Crippen molar-refractivity contribution in [1.82, 2.24) is 14.8 Å². The van der Waals surface area contributed by atoms with Crippen molar-refractivity contribution in [2.75, 3.05) is 40.9 Å². The zero-order valence-corrected chi connectivity index (χ0v) is 20.4. The molecule has 9 nitrogen and oxygen atoms in total. The number of ether oxygens (including phenoxy) is 2. The van der Waals surface area contributed by atoms with E-state index in [4.69, 9.17) is 9.47 Å². The van der Waals surface area contributed by atoms with Crippen molar-refractivity contribution in [1.29, 1.82) is 0 Å². The molecule has 1 aromatic carbocycles. The fourth-order valence-corrected chi connectivity index (χ4v) is 4.22. The fourth-order valence-electron chi connectivity index (χ4n) is 4.22. The Morgan fingerprint density at radius 2 is 1.82 bits per heavy atom. The number of amides is 1. The van der Waals surface area contributed by atoms with Gasteiger partial charge < -0.3 is 29.4 Å². The number of aliphatic hydroxyl groups excluding tert-OH is 1. The van der Waals surface area contributed by atoms with Crippen molar-refractivity contribution in [3.05, 3.63) is 57.9 Å². The lowest BCUT2D eigenvalue weighted by Crippen LogP contribution is -2.35. The second-order valence-corrected chi connectivity index (χ2v) is 8.41. The van der Waals surface area contributed by atoms with E-state index in [1.807, 2.05) is 25.9 Å². The monoisotopic (exact) mass is 469 g/mol. The molecule has 1 aromatic heterocycles. The van der Waals surface area contributed by atoms with E-state index < -0.39 is 23.7 Å². The van der Waals surface area contributed by atoms with Crippen molar-refractivity contribution in [3.63, 3.8) is 0 Å². The van der Waals surface area contributed by atoms with E-state index in [9.17, 15) is 19.5 Å². The topological polar surface area (TPSA) is 112 Å². The van der Waals surface area contributed by atoms with Crippen LogP contribution in [0.25, 0.3) is 5.76 Å². The molecule has 1 aliphatic rings. The van der Waals surface area contributed by atoms with Gasteiger partial charge in [0.1, 0.15) is 17.2 Å². The molecule has 2 heterocycles. The molecule has 0 spiro atoms. The van der Waals surface area contributed by atoms with Gasteiger partial charge in [-0.2, -0.15) is 0 Å². The first-order chi connectivity index (χ1) is 16.1. The van der Waals surface area contributed by atoms with Gasteiger partial charge in [0.15, 0.2) is 0 Å². The largest absolute Gasteiger partial charge is 0.507 e. The zero-order chi connectivity index (χ0) is 25.2. The number of aryl methyl sites for hydroxylation is 1. The summed E-state index contributed by atoms with van der Waals surface area (Å²) < 4.78 is 10.3. The molecule has 0 unspecified atom stereocenters. The number of hydrogen-bond donors (Lipinski definition) is 2. The first kappa shape index (κ1) is 25.0. The highest BCUT2D eigenvalue weighted by Crippen LogP contribution is 2.41. The molecule has 0 saturated carbocycles. The predicted octanol–water partition coefficient (Wildman–Crippen LogP) is 2.80. The average Bonchev–Trinajstić information content (AvgIpc) is 3.24. The number of H-pyrrole nitrogens is 1. The number of aliphatic hydroxyl groups is 1. The number of nitrogens with zero attached hydrogens (tertiary/aromatic N) is 2. The van der Waals surface area contributed by atoms with Gasteiger partial charge in [-0.15, -0.1) is 0 Å². The predicted molar refractivity (Wildman–Crippen MR) is 127 cm³/mol. The van der Waals surface area contributed by atoms with Gasteiger partial charge in [-0.3, -0.25) is 9.59 Å². The van der Waals surface area contributed by atoms with E-state index in [-0.39, 0.29) is 17.0 Å². The Balaban J connectivity index is 2.19. The van der Waals surface area contributed by atoms with Gasteiger partial charge >= 0.3 is 5.97 Å². The zero-order valence-electron chi connectivity index (χ0n) is 20.4. The van der Waals surface area contributed by atoms with Crippen molar-refractivity contribution in [2.45, 2.75) is 26.8 Å². The number of hydrogen-bond acceptors (Lipinski definition) is 7. The lowest BCUT2D eigenvalue weighted by molar-refractivity contribution is -0.140. The summed E-state index contributed by atoms with van der Waals surface area (Å²) >= 11 is 0. The van der Waals surface area contributed by atoms with E-state index in [0.29, 0.717) is 47.8 Å². The van der Waals surface area contributed by atoms with Crippen molar-refractivity contribution in [3.8, 4) is 5.75 Å². The third kappa shape index (κ3) is 4.56. The summed E-state index contributed by atoms with van der Waals surface area (Å²) in [5, 5.41) is 11.4. The minimum absolute atomic E-state index is 0.0190. The number of Topliss-reactive ketones (excluding diaryl/α,β-unsaturated/α-hetero) is 1. The molecule has 0 bridgehead atoms. The number of benzene rings is 1. The van der Waals surface area contributed by atoms with Crippen LogP contribution < -0.4 is 4.74 Å². The van der Waals surface area contributed by atoms with Gasteiger partial charge in [-0.1, -0.05) is 12.1 Å². The molecule has 1 atom stereocenters. The number of esters is 1. The van der Waals surface area contributed by atoms with E-state index in [0.717, 1.165) is 0 Å². The van der Waals surface area contributed by atoms with E-state index in [1.165, 1.54) is 12.0 Å². The van der Waals surface area contributed by atoms with Crippen LogP contribution in [-0.4, -0.2) is 78.5 Å². The molecule has 1 amide bonds. The number of likely N-dealkylation sites (tertiary alicyclic amines) is 1. The Bertz CT molecular complexity index is 1130. The number of methoxy groups -OCH3 is 1. The molecule has 1 aliphatic heterocycles. The van der Waals surface area contributed by atoms with Crippen LogP contribution in [0, 0.1) is 13.8 Å². The number of nitrogens with one attached hydrogen (secondary N) is 1. The standard InChI is InChI=1S/C25H31N3O6/c1-7-34-17-10-8-16(9-11-17)21-19(23(30)24(31)28(21)13-12-27(4)5)22(29)18-14(2)20(25(32)33-6)26-15(18)3/h8-11,21,26,29H,7,12-13H2,1-6H3/b22-19-/t21-/m0/s1. The smallest absolute Gasteiger partial charge is 0.354 e. The van der Waals surface area contributed by atoms with Crippen LogP contribution in [0.4, 0.5) is 0 Å². The molecule has 1 fully saturated rings. The van der Waals surface area contributed by atoms with Gasteiger partial charge in [0.05, 0.1) is 25.3 Å². The number of carbonyl (C=O) groups is 3. The van der Waals surface area contributed by atoms with Gasteiger partial charge in [-0.05, 0) is 58.1 Å². The lowest BCUT2D eigenvalue weighted by atomic mass is 9.94. The highest BCUT2D eigenvalue weighted by Gasteiger charge is 2.46. The van der Waals surface area contributed by atoms with Crippen molar-refractivity contribution in [2.24, 2.45) is 0 Å². The summed E-state index contributed by atoms with van der Waals surface area (Å²) in [4.78, 5) is 44.7. The summed E-state index contributed by atoms with van der Waals surface area (Å²) in [7, 11) is 5.02. The number of aromatic nitrogens is 1. The molecule has 2 aromatic rings. The normalized spacial score (nSPS) is 17.5. The molecule has 34 heavy (non-hydrogen) atoms. The minimum atomic E-state index is -0.786. The number of rotatable bonds is 8. The maximum Gasteiger partial charge on any atom is 0.354 e. The third-order valence-electron chi connectivity index (χ3n) is 5.90. The summed E-state index contributed by atoms with van der Waals surface area (Å²) in [6, 6.07) is 6.33. The number of ketones is 1. The summed E-state index contributed by atoms with van der Waals surface area (Å²) in [5.41, 5.74) is 2.06. The van der Waals surface area contributed by atoms with Crippen LogP contribution >= 0.6 is 0 Å². The van der Waals surface area contributed by atoms with E-state index >= 15 is 0 Å². The van der Waals surface area contributed by atoms with Crippen LogP contribution in [0.3, 0.4) is 0 Å². The highest BCUT2D eigenvalue weighted by atomic mass is 16.5. The second kappa shape index (κ2) is 10.1. The first-order valence-corrected chi connectivity index (χ1v) is 11.1. The highest BCUT2D eigenvalue weighted by molar-refractivity contribution is 6.46.